The minimum atomic E-state index is -0.732. The molecule has 2 aromatic heterocycles. The summed E-state index contributed by atoms with van der Waals surface area (Å²) in [4.78, 5) is 0. The Hall–Kier alpha value is -3.18. The Labute approximate surface area is 176 Å². The summed E-state index contributed by atoms with van der Waals surface area (Å²) < 4.78 is 19.1. The van der Waals surface area contributed by atoms with E-state index in [-0.39, 0.29) is 5.92 Å². The highest BCUT2D eigenvalue weighted by molar-refractivity contribution is 5.77. The van der Waals surface area contributed by atoms with Gasteiger partial charge in [-0.15, -0.1) is 0 Å². The van der Waals surface area contributed by atoms with E-state index in [0.717, 1.165) is 27.9 Å². The SMILES string of the molecule is COc1cc([C@@H](O)[C@@H](Cc2cc3ccccc3o2)Cn2c[c]cc2)cc(OC)c1C. The third-order valence-electron chi connectivity index (χ3n) is 5.55. The monoisotopic (exact) mass is 404 g/mol. The van der Waals surface area contributed by atoms with Crippen LogP contribution in [-0.4, -0.2) is 23.9 Å². The third-order valence-corrected chi connectivity index (χ3v) is 5.55. The van der Waals surface area contributed by atoms with Crippen molar-refractivity contribution >= 4 is 11.0 Å². The summed E-state index contributed by atoms with van der Waals surface area (Å²) in [6.45, 7) is 2.57. The van der Waals surface area contributed by atoms with E-state index in [2.05, 4.69) is 6.07 Å². The Morgan fingerprint density at radius 1 is 1.10 bits per heavy atom. The Kier molecular flexibility index (Phi) is 5.81. The smallest absolute Gasteiger partial charge is 0.134 e. The molecular weight excluding hydrogens is 378 g/mol. The van der Waals surface area contributed by atoms with Gasteiger partial charge in [0.1, 0.15) is 22.8 Å². The Morgan fingerprint density at radius 3 is 2.47 bits per heavy atom. The number of benzene rings is 2. The highest BCUT2D eigenvalue weighted by atomic mass is 16.5. The lowest BCUT2D eigenvalue weighted by Gasteiger charge is -2.24. The van der Waals surface area contributed by atoms with Gasteiger partial charge in [0, 0.05) is 48.3 Å². The van der Waals surface area contributed by atoms with Gasteiger partial charge in [-0.1, -0.05) is 18.2 Å². The van der Waals surface area contributed by atoms with Gasteiger partial charge in [-0.25, -0.2) is 0 Å². The zero-order valence-corrected chi connectivity index (χ0v) is 17.5. The third kappa shape index (κ3) is 4.07. The van der Waals surface area contributed by atoms with E-state index in [9.17, 15) is 5.11 Å². The van der Waals surface area contributed by atoms with Gasteiger partial charge < -0.3 is 23.6 Å². The van der Waals surface area contributed by atoms with Gasteiger partial charge in [0.25, 0.3) is 0 Å². The molecule has 0 spiro atoms. The summed E-state index contributed by atoms with van der Waals surface area (Å²) >= 11 is 0. The van der Waals surface area contributed by atoms with Crippen LogP contribution in [0, 0.1) is 18.9 Å². The largest absolute Gasteiger partial charge is 0.496 e. The summed E-state index contributed by atoms with van der Waals surface area (Å²) in [5, 5.41) is 12.4. The first-order valence-corrected chi connectivity index (χ1v) is 9.99. The number of rotatable bonds is 8. The molecule has 0 saturated heterocycles. The molecule has 1 N–H and O–H groups in total. The second-order valence-corrected chi connectivity index (χ2v) is 7.52. The quantitative estimate of drug-likeness (QED) is 0.451. The molecule has 0 bridgehead atoms. The predicted octanol–water partition coefficient (Wildman–Crippen LogP) is 4.95. The zero-order chi connectivity index (χ0) is 21.1. The normalized spacial score (nSPS) is 13.3. The fourth-order valence-corrected chi connectivity index (χ4v) is 3.93. The van der Waals surface area contributed by atoms with Crippen LogP contribution in [0.25, 0.3) is 11.0 Å². The van der Waals surface area contributed by atoms with Crippen molar-refractivity contribution in [3.63, 3.8) is 0 Å². The Bertz CT molecular complexity index is 1060. The van der Waals surface area contributed by atoms with Crippen LogP contribution in [0.3, 0.4) is 0 Å². The van der Waals surface area contributed by atoms with Gasteiger partial charge in [0.2, 0.25) is 0 Å². The highest BCUT2D eigenvalue weighted by Crippen LogP contribution is 2.36. The lowest BCUT2D eigenvalue weighted by molar-refractivity contribution is 0.0939. The molecule has 2 atom stereocenters. The molecule has 0 amide bonds. The van der Waals surface area contributed by atoms with E-state index in [0.29, 0.717) is 24.5 Å². The first-order chi connectivity index (χ1) is 14.6. The van der Waals surface area contributed by atoms with E-state index in [1.54, 1.807) is 14.2 Å². The molecule has 5 heteroatoms. The number of furan rings is 1. The summed E-state index contributed by atoms with van der Waals surface area (Å²) in [7, 11) is 3.25. The van der Waals surface area contributed by atoms with E-state index < -0.39 is 6.10 Å². The van der Waals surface area contributed by atoms with Crippen LogP contribution in [0.15, 0.2) is 65.3 Å². The molecule has 0 saturated carbocycles. The highest BCUT2D eigenvalue weighted by Gasteiger charge is 2.25. The number of aromatic nitrogens is 1. The second kappa shape index (κ2) is 8.67. The molecule has 155 valence electrons. The molecule has 1 radical (unpaired) electrons. The molecule has 2 heterocycles. The molecule has 0 unspecified atom stereocenters. The van der Waals surface area contributed by atoms with Crippen molar-refractivity contribution in [2.45, 2.75) is 26.0 Å². The lowest BCUT2D eigenvalue weighted by atomic mass is 9.90. The molecule has 5 nitrogen and oxygen atoms in total. The standard InChI is InChI=1S/C25H26NO4/c1-17-23(28-2)14-19(15-24(17)29-3)25(27)20(16-26-10-6-7-11-26)13-21-12-18-8-4-5-9-22(18)30-21/h4-6,8-12,14-15,20,25,27H,13,16H2,1-3H3/t20-,25+/m0/s1. The maximum Gasteiger partial charge on any atom is 0.134 e. The Morgan fingerprint density at radius 2 is 1.83 bits per heavy atom. The topological polar surface area (TPSA) is 56.8 Å². The Balaban J connectivity index is 1.68. The first kappa shape index (κ1) is 20.1. The van der Waals surface area contributed by atoms with Gasteiger partial charge in [0.05, 0.1) is 20.3 Å². The predicted molar refractivity (Wildman–Crippen MR) is 116 cm³/mol. The average molecular weight is 404 g/mol. The average Bonchev–Trinajstić information content (AvgIpc) is 3.42. The number of fused-ring (bicyclic) bond motifs is 1. The van der Waals surface area contributed by atoms with Crippen LogP contribution < -0.4 is 9.47 Å². The van der Waals surface area contributed by atoms with Crippen LogP contribution in [0.5, 0.6) is 11.5 Å². The zero-order valence-electron chi connectivity index (χ0n) is 17.5. The number of aliphatic hydroxyl groups is 1. The van der Waals surface area contributed by atoms with Crippen molar-refractivity contribution in [3.8, 4) is 11.5 Å². The minimum Gasteiger partial charge on any atom is -0.496 e. The van der Waals surface area contributed by atoms with Crippen molar-refractivity contribution < 1.29 is 19.0 Å². The van der Waals surface area contributed by atoms with Crippen LogP contribution >= 0.6 is 0 Å². The first-order valence-electron chi connectivity index (χ1n) is 9.99. The van der Waals surface area contributed by atoms with Crippen LogP contribution in [0.4, 0.5) is 0 Å². The van der Waals surface area contributed by atoms with Crippen molar-refractivity contribution in [1.29, 1.82) is 0 Å². The number of methoxy groups -OCH3 is 2. The van der Waals surface area contributed by atoms with Crippen molar-refractivity contribution in [2.24, 2.45) is 5.92 Å². The summed E-state index contributed by atoms with van der Waals surface area (Å²) in [5.74, 6) is 2.12. The second-order valence-electron chi connectivity index (χ2n) is 7.52. The number of para-hydroxylation sites is 1. The lowest BCUT2D eigenvalue weighted by Crippen LogP contribution is -2.21. The van der Waals surface area contributed by atoms with E-state index in [1.807, 2.05) is 72.4 Å². The van der Waals surface area contributed by atoms with Gasteiger partial charge in [-0.3, -0.25) is 0 Å². The van der Waals surface area contributed by atoms with Crippen molar-refractivity contribution in [3.05, 3.63) is 83.9 Å². The molecule has 4 rings (SSSR count). The summed E-state index contributed by atoms with van der Waals surface area (Å²) in [6.07, 6.45) is 3.69. The molecule has 4 aromatic rings. The van der Waals surface area contributed by atoms with Gasteiger partial charge >= 0.3 is 0 Å². The maximum atomic E-state index is 11.4. The van der Waals surface area contributed by atoms with E-state index >= 15 is 0 Å². The number of nitrogens with zero attached hydrogens (tertiary/aromatic N) is 1. The van der Waals surface area contributed by atoms with Gasteiger partial charge in [-0.2, -0.15) is 0 Å². The molecule has 0 fully saturated rings. The number of aliphatic hydroxyl groups excluding tert-OH is 1. The van der Waals surface area contributed by atoms with E-state index in [4.69, 9.17) is 13.9 Å². The molecular formula is C25H26NO4. The molecule has 0 aliphatic carbocycles. The van der Waals surface area contributed by atoms with Gasteiger partial charge in [-0.05, 0) is 42.8 Å². The van der Waals surface area contributed by atoms with E-state index in [1.165, 1.54) is 0 Å². The van der Waals surface area contributed by atoms with Crippen molar-refractivity contribution in [2.75, 3.05) is 14.2 Å². The van der Waals surface area contributed by atoms with Gasteiger partial charge in [0.15, 0.2) is 0 Å². The summed E-state index contributed by atoms with van der Waals surface area (Å²) in [6, 6.07) is 18.7. The fourth-order valence-electron chi connectivity index (χ4n) is 3.93. The minimum absolute atomic E-state index is 0.122. The molecule has 0 aliphatic rings. The number of hydrogen-bond acceptors (Lipinski definition) is 4. The maximum absolute atomic E-state index is 11.4. The number of hydrogen-bond donors (Lipinski definition) is 1. The van der Waals surface area contributed by atoms with Crippen LogP contribution in [-0.2, 0) is 13.0 Å². The van der Waals surface area contributed by atoms with Crippen LogP contribution in [0.1, 0.15) is 23.0 Å². The fraction of sp³-hybridized carbons (Fsp3) is 0.280. The number of ether oxygens (including phenoxy) is 2. The molecule has 0 aliphatic heterocycles. The summed E-state index contributed by atoms with van der Waals surface area (Å²) in [5.41, 5.74) is 2.52. The molecule has 30 heavy (non-hydrogen) atoms. The molecule has 2 aromatic carbocycles. The van der Waals surface area contributed by atoms with Crippen LogP contribution in [0.2, 0.25) is 0 Å². The van der Waals surface area contributed by atoms with Crippen molar-refractivity contribution in [1.82, 2.24) is 4.57 Å².